The molecule has 2 heterocycles. The molecule has 0 spiro atoms. The van der Waals surface area contributed by atoms with Crippen LogP contribution in [0.1, 0.15) is 22.6 Å². The van der Waals surface area contributed by atoms with Crippen molar-refractivity contribution in [3.8, 4) is 11.1 Å². The van der Waals surface area contributed by atoms with Gasteiger partial charge in [-0.05, 0) is 53.8 Å². The van der Waals surface area contributed by atoms with Crippen molar-refractivity contribution in [3.05, 3.63) is 58.9 Å². The van der Waals surface area contributed by atoms with Gasteiger partial charge in [-0.15, -0.1) is 0 Å². The Morgan fingerprint density at radius 2 is 1.48 bits per heavy atom. The molecule has 29 heavy (non-hydrogen) atoms. The number of aryl methyl sites for hydroxylation is 1. The molecule has 2 amide bonds. The van der Waals surface area contributed by atoms with Gasteiger partial charge < -0.3 is 4.84 Å². The average molecular weight is 397 g/mol. The number of carbonyl (C=O) groups excluding carboxylic acids is 2. The Balaban J connectivity index is 1.73. The minimum Gasteiger partial charge on any atom is -0.302 e. The van der Waals surface area contributed by atoms with Crippen molar-refractivity contribution in [3.63, 3.8) is 0 Å². The number of hydrogen-bond acceptors (Lipinski definition) is 4. The number of nitrogens with zero attached hydrogens (tertiary/aromatic N) is 3. The topological polar surface area (TPSA) is 53.1 Å². The molecular formula is C22H24FN3O3. The van der Waals surface area contributed by atoms with Crippen molar-refractivity contribution >= 4 is 11.8 Å². The molecule has 0 radical (unpaired) electrons. The summed E-state index contributed by atoms with van der Waals surface area (Å²) < 4.78 is 13.3. The van der Waals surface area contributed by atoms with E-state index in [-0.39, 0.29) is 17.6 Å². The first kappa shape index (κ1) is 19.5. The molecule has 2 aromatic rings. The van der Waals surface area contributed by atoms with Gasteiger partial charge in [0.15, 0.2) is 0 Å². The second-order valence-electron chi connectivity index (χ2n) is 7.44. The van der Waals surface area contributed by atoms with Crippen LogP contribution in [0.15, 0.2) is 36.4 Å². The van der Waals surface area contributed by atoms with E-state index in [0.29, 0.717) is 26.2 Å². The molecule has 152 valence electrons. The van der Waals surface area contributed by atoms with E-state index in [4.69, 9.17) is 4.84 Å². The SMILES string of the molecule is CON1CCN2C(=O)C(c3c(C)ccc(-c4ccc(F)cc4)c3C)C(=O)N2CC1. The lowest BCUT2D eigenvalue weighted by atomic mass is 9.85. The second kappa shape index (κ2) is 7.57. The van der Waals surface area contributed by atoms with Crippen molar-refractivity contribution < 1.29 is 18.8 Å². The lowest BCUT2D eigenvalue weighted by Crippen LogP contribution is -2.41. The minimum atomic E-state index is -0.843. The highest BCUT2D eigenvalue weighted by Gasteiger charge is 2.48. The first-order valence-electron chi connectivity index (χ1n) is 9.70. The average Bonchev–Trinajstić information content (AvgIpc) is 2.86. The minimum absolute atomic E-state index is 0.199. The Morgan fingerprint density at radius 3 is 2.03 bits per heavy atom. The molecule has 2 aliphatic heterocycles. The smallest absolute Gasteiger partial charge is 0.258 e. The van der Waals surface area contributed by atoms with Crippen molar-refractivity contribution in [2.45, 2.75) is 19.8 Å². The van der Waals surface area contributed by atoms with Gasteiger partial charge in [0.1, 0.15) is 11.7 Å². The third kappa shape index (κ3) is 3.30. The van der Waals surface area contributed by atoms with Gasteiger partial charge in [-0.2, -0.15) is 5.06 Å². The Bertz CT molecular complexity index is 935. The van der Waals surface area contributed by atoms with E-state index in [1.165, 1.54) is 12.1 Å². The van der Waals surface area contributed by atoms with Crippen LogP contribution in [0.25, 0.3) is 11.1 Å². The fraction of sp³-hybridized carbons (Fsp3) is 0.364. The van der Waals surface area contributed by atoms with Crippen LogP contribution in [0.3, 0.4) is 0 Å². The van der Waals surface area contributed by atoms with Gasteiger partial charge in [0, 0.05) is 13.1 Å². The van der Waals surface area contributed by atoms with E-state index in [1.807, 2.05) is 26.0 Å². The van der Waals surface area contributed by atoms with E-state index in [1.54, 1.807) is 34.3 Å². The van der Waals surface area contributed by atoms with E-state index < -0.39 is 5.92 Å². The van der Waals surface area contributed by atoms with Crippen LogP contribution in [-0.2, 0) is 14.4 Å². The van der Waals surface area contributed by atoms with E-state index >= 15 is 0 Å². The maximum atomic E-state index is 13.3. The second-order valence-corrected chi connectivity index (χ2v) is 7.44. The molecule has 2 fully saturated rings. The zero-order valence-electron chi connectivity index (χ0n) is 16.8. The monoisotopic (exact) mass is 397 g/mol. The predicted molar refractivity (Wildman–Crippen MR) is 106 cm³/mol. The molecule has 0 bridgehead atoms. The summed E-state index contributed by atoms with van der Waals surface area (Å²) in [5.41, 5.74) is 4.28. The van der Waals surface area contributed by atoms with Gasteiger partial charge in [-0.3, -0.25) is 9.59 Å². The Morgan fingerprint density at radius 1 is 0.897 bits per heavy atom. The van der Waals surface area contributed by atoms with Gasteiger partial charge in [0.05, 0.1) is 20.2 Å². The van der Waals surface area contributed by atoms with Crippen LogP contribution in [0.5, 0.6) is 0 Å². The standard InChI is InChI=1S/C22H24FN3O3/c1-14-4-9-18(16-5-7-17(23)8-6-16)15(2)19(14)20-21(27)25-12-10-24(29-3)11-13-26(25)22(20)28/h4-9,20H,10-13H2,1-3H3. The number of carbonyl (C=O) groups is 2. The van der Waals surface area contributed by atoms with Crippen LogP contribution in [0, 0.1) is 19.7 Å². The van der Waals surface area contributed by atoms with Crippen LogP contribution in [-0.4, -0.2) is 60.2 Å². The van der Waals surface area contributed by atoms with Crippen LogP contribution >= 0.6 is 0 Å². The zero-order chi connectivity index (χ0) is 20.7. The maximum Gasteiger partial charge on any atom is 0.258 e. The molecule has 0 N–H and O–H groups in total. The molecular weight excluding hydrogens is 373 g/mol. The summed E-state index contributed by atoms with van der Waals surface area (Å²) in [6.07, 6.45) is 0. The van der Waals surface area contributed by atoms with E-state index in [0.717, 1.165) is 27.8 Å². The Hall–Kier alpha value is -2.77. The lowest BCUT2D eigenvalue weighted by molar-refractivity contribution is -0.145. The molecule has 7 heteroatoms. The molecule has 0 aliphatic carbocycles. The summed E-state index contributed by atoms with van der Waals surface area (Å²) in [4.78, 5) is 31.8. The number of amides is 2. The Kier molecular flexibility index (Phi) is 5.10. The van der Waals surface area contributed by atoms with Crippen LogP contribution in [0.4, 0.5) is 4.39 Å². The van der Waals surface area contributed by atoms with Crippen LogP contribution < -0.4 is 0 Å². The quantitative estimate of drug-likeness (QED) is 0.748. The number of hydrazine groups is 1. The maximum absolute atomic E-state index is 13.3. The van der Waals surface area contributed by atoms with Crippen molar-refractivity contribution in [2.75, 3.05) is 33.3 Å². The van der Waals surface area contributed by atoms with Crippen molar-refractivity contribution in [1.82, 2.24) is 15.1 Å². The fourth-order valence-corrected chi connectivity index (χ4v) is 4.31. The van der Waals surface area contributed by atoms with Gasteiger partial charge in [-0.1, -0.05) is 24.3 Å². The lowest BCUT2D eigenvalue weighted by Gasteiger charge is -2.23. The summed E-state index contributed by atoms with van der Waals surface area (Å²) in [5.74, 6) is -1.54. The van der Waals surface area contributed by atoms with E-state index in [9.17, 15) is 14.0 Å². The van der Waals surface area contributed by atoms with Gasteiger partial charge in [0.25, 0.3) is 11.8 Å². The fourth-order valence-electron chi connectivity index (χ4n) is 4.31. The molecule has 0 unspecified atom stereocenters. The van der Waals surface area contributed by atoms with Gasteiger partial charge >= 0.3 is 0 Å². The highest BCUT2D eigenvalue weighted by Crippen LogP contribution is 2.37. The summed E-state index contributed by atoms with van der Waals surface area (Å²) in [6.45, 7) is 5.75. The van der Waals surface area contributed by atoms with Gasteiger partial charge in [-0.25, -0.2) is 14.4 Å². The van der Waals surface area contributed by atoms with Crippen LogP contribution in [0.2, 0.25) is 0 Å². The van der Waals surface area contributed by atoms with Crippen molar-refractivity contribution in [2.24, 2.45) is 0 Å². The summed E-state index contributed by atoms with van der Waals surface area (Å²) >= 11 is 0. The highest BCUT2D eigenvalue weighted by molar-refractivity contribution is 6.11. The first-order valence-corrected chi connectivity index (χ1v) is 9.70. The Labute approximate surface area is 169 Å². The van der Waals surface area contributed by atoms with Crippen molar-refractivity contribution in [1.29, 1.82) is 0 Å². The number of fused-ring (bicyclic) bond motifs is 1. The first-order chi connectivity index (χ1) is 13.9. The number of hydrogen-bond donors (Lipinski definition) is 0. The largest absolute Gasteiger partial charge is 0.302 e. The summed E-state index contributed by atoms with van der Waals surface area (Å²) in [6, 6.07) is 10.1. The predicted octanol–water partition coefficient (Wildman–Crippen LogP) is 2.66. The summed E-state index contributed by atoms with van der Waals surface area (Å²) in [7, 11) is 1.59. The number of rotatable bonds is 3. The zero-order valence-corrected chi connectivity index (χ0v) is 16.8. The highest BCUT2D eigenvalue weighted by atomic mass is 19.1. The van der Waals surface area contributed by atoms with Gasteiger partial charge in [0.2, 0.25) is 0 Å². The van der Waals surface area contributed by atoms with E-state index in [2.05, 4.69) is 0 Å². The molecule has 0 atom stereocenters. The number of benzene rings is 2. The summed E-state index contributed by atoms with van der Waals surface area (Å²) in [5, 5.41) is 4.85. The normalized spacial score (nSPS) is 18.3. The molecule has 4 rings (SSSR count). The third-order valence-corrected chi connectivity index (χ3v) is 5.85. The number of hydroxylamine groups is 2. The molecule has 2 saturated heterocycles. The molecule has 0 saturated carbocycles. The molecule has 2 aromatic carbocycles. The molecule has 6 nitrogen and oxygen atoms in total. The molecule has 2 aliphatic rings. The third-order valence-electron chi connectivity index (χ3n) is 5.85. The molecule has 0 aromatic heterocycles. The number of halogens is 1.